The van der Waals surface area contributed by atoms with E-state index in [-0.39, 0.29) is 12.5 Å². The zero-order valence-electron chi connectivity index (χ0n) is 13.5. The van der Waals surface area contributed by atoms with Crippen LogP contribution < -0.4 is 5.32 Å². The summed E-state index contributed by atoms with van der Waals surface area (Å²) in [4.78, 5) is 13.3. The van der Waals surface area contributed by atoms with Crippen molar-refractivity contribution in [1.82, 2.24) is 10.2 Å². The molecule has 0 fully saturated rings. The minimum absolute atomic E-state index is 0.0758. The van der Waals surface area contributed by atoms with E-state index in [2.05, 4.69) is 24.1 Å². The van der Waals surface area contributed by atoms with Crippen LogP contribution in [0, 0.1) is 0 Å². The van der Waals surface area contributed by atoms with E-state index in [1.165, 1.54) is 12.8 Å². The number of carbonyl (C=O) groups is 1. The summed E-state index contributed by atoms with van der Waals surface area (Å²) in [6.45, 7) is 10.1. The van der Waals surface area contributed by atoms with Gasteiger partial charge in [0.2, 0.25) is 5.91 Å². The maximum Gasteiger partial charge on any atom is 0.245 e. The maximum absolute atomic E-state index is 10.9. The number of carbonyl (C=O) groups excluding carboxylic acids is 1. The van der Waals surface area contributed by atoms with E-state index in [9.17, 15) is 4.79 Å². The highest BCUT2D eigenvalue weighted by molar-refractivity contribution is 5.76. The number of rotatable bonds is 14. The lowest BCUT2D eigenvalue weighted by Crippen LogP contribution is -2.29. The fraction of sp³-hybridized carbons (Fsp3) is 0.933. The van der Waals surface area contributed by atoms with Gasteiger partial charge in [-0.1, -0.05) is 13.8 Å². The number of amides is 1. The number of nitrogens with one attached hydrogen (secondary N) is 1. The van der Waals surface area contributed by atoms with E-state index in [4.69, 9.17) is 9.47 Å². The molecule has 0 saturated heterocycles. The molecule has 0 aromatic carbocycles. The van der Waals surface area contributed by atoms with Crippen molar-refractivity contribution in [1.29, 1.82) is 0 Å². The van der Waals surface area contributed by atoms with Crippen LogP contribution in [-0.4, -0.2) is 63.9 Å². The molecule has 0 heterocycles. The summed E-state index contributed by atoms with van der Waals surface area (Å²) < 4.78 is 10.8. The Hall–Kier alpha value is -0.650. The predicted octanol–water partition coefficient (Wildman–Crippen LogP) is 1.67. The molecule has 0 rings (SSSR count). The Kier molecular flexibility index (Phi) is 14.3. The van der Waals surface area contributed by atoms with E-state index in [1.54, 1.807) is 7.05 Å². The predicted molar refractivity (Wildman–Crippen MR) is 82.0 cm³/mol. The van der Waals surface area contributed by atoms with Gasteiger partial charge >= 0.3 is 0 Å². The van der Waals surface area contributed by atoms with E-state index < -0.39 is 0 Å². The summed E-state index contributed by atoms with van der Waals surface area (Å²) in [5.41, 5.74) is 0. The molecule has 1 N–H and O–H groups in total. The van der Waals surface area contributed by atoms with Crippen molar-refractivity contribution >= 4 is 5.91 Å². The Balaban J connectivity index is 3.28. The van der Waals surface area contributed by atoms with Crippen molar-refractivity contribution in [3.05, 3.63) is 0 Å². The van der Waals surface area contributed by atoms with Crippen LogP contribution in [-0.2, 0) is 14.3 Å². The van der Waals surface area contributed by atoms with Gasteiger partial charge in [-0.15, -0.1) is 0 Å². The van der Waals surface area contributed by atoms with Crippen LogP contribution in [0.3, 0.4) is 0 Å². The SMILES string of the molecule is CCCN(CCC)CCOCCCCOCC(=O)NC. The highest BCUT2D eigenvalue weighted by Crippen LogP contribution is 1.96. The Labute approximate surface area is 124 Å². The van der Waals surface area contributed by atoms with Gasteiger partial charge in [0.25, 0.3) is 0 Å². The van der Waals surface area contributed by atoms with Crippen LogP contribution in [0.2, 0.25) is 0 Å². The van der Waals surface area contributed by atoms with Gasteiger partial charge in [-0.25, -0.2) is 0 Å². The second kappa shape index (κ2) is 14.8. The second-order valence-corrected chi connectivity index (χ2v) is 4.89. The second-order valence-electron chi connectivity index (χ2n) is 4.89. The highest BCUT2D eigenvalue weighted by atomic mass is 16.5. The lowest BCUT2D eigenvalue weighted by molar-refractivity contribution is -0.125. The highest BCUT2D eigenvalue weighted by Gasteiger charge is 2.02. The topological polar surface area (TPSA) is 50.8 Å². The van der Waals surface area contributed by atoms with Crippen molar-refractivity contribution < 1.29 is 14.3 Å². The van der Waals surface area contributed by atoms with Crippen molar-refractivity contribution in [3.63, 3.8) is 0 Å². The van der Waals surface area contributed by atoms with E-state index >= 15 is 0 Å². The molecule has 0 radical (unpaired) electrons. The molecule has 0 aliphatic rings. The van der Waals surface area contributed by atoms with Crippen LogP contribution >= 0.6 is 0 Å². The van der Waals surface area contributed by atoms with Crippen LogP contribution in [0.15, 0.2) is 0 Å². The van der Waals surface area contributed by atoms with Gasteiger partial charge in [0.05, 0.1) is 6.61 Å². The molecule has 5 heteroatoms. The van der Waals surface area contributed by atoms with Crippen molar-refractivity contribution in [2.45, 2.75) is 39.5 Å². The number of likely N-dealkylation sites (N-methyl/N-ethyl adjacent to an activating group) is 1. The first-order valence-electron chi connectivity index (χ1n) is 7.83. The number of unbranched alkanes of at least 4 members (excludes halogenated alkanes) is 1. The zero-order chi connectivity index (χ0) is 15.1. The number of hydrogen-bond acceptors (Lipinski definition) is 4. The van der Waals surface area contributed by atoms with Gasteiger partial charge in [0.1, 0.15) is 6.61 Å². The molecule has 0 aromatic heterocycles. The summed E-state index contributed by atoms with van der Waals surface area (Å²) in [6, 6.07) is 0. The Morgan fingerprint density at radius 1 is 0.950 bits per heavy atom. The quantitative estimate of drug-likeness (QED) is 0.494. The molecular formula is C15H32N2O3. The van der Waals surface area contributed by atoms with Gasteiger partial charge in [-0.3, -0.25) is 4.79 Å². The first-order valence-corrected chi connectivity index (χ1v) is 7.83. The van der Waals surface area contributed by atoms with Gasteiger partial charge in [0.15, 0.2) is 0 Å². The number of hydrogen-bond donors (Lipinski definition) is 1. The third kappa shape index (κ3) is 12.4. The third-order valence-corrected chi connectivity index (χ3v) is 2.97. The lowest BCUT2D eigenvalue weighted by atomic mass is 10.3. The minimum atomic E-state index is -0.0758. The van der Waals surface area contributed by atoms with Crippen molar-refractivity contribution in [2.24, 2.45) is 0 Å². The maximum atomic E-state index is 10.9. The van der Waals surface area contributed by atoms with Gasteiger partial charge < -0.3 is 19.7 Å². The Morgan fingerprint density at radius 2 is 1.55 bits per heavy atom. The summed E-state index contributed by atoms with van der Waals surface area (Å²) in [6.07, 6.45) is 4.31. The summed E-state index contributed by atoms with van der Waals surface area (Å²) in [5.74, 6) is -0.0758. The fourth-order valence-electron chi connectivity index (χ4n) is 1.91. The zero-order valence-corrected chi connectivity index (χ0v) is 13.5. The van der Waals surface area contributed by atoms with Crippen LogP contribution in [0.25, 0.3) is 0 Å². The van der Waals surface area contributed by atoms with Crippen LogP contribution in [0.5, 0.6) is 0 Å². The molecule has 120 valence electrons. The van der Waals surface area contributed by atoms with Gasteiger partial charge in [0, 0.05) is 26.8 Å². The molecule has 0 saturated carbocycles. The molecule has 0 aliphatic carbocycles. The average Bonchev–Trinajstić information content (AvgIpc) is 2.45. The van der Waals surface area contributed by atoms with Crippen molar-refractivity contribution in [2.75, 3.05) is 53.1 Å². The molecule has 5 nitrogen and oxygen atoms in total. The fourth-order valence-corrected chi connectivity index (χ4v) is 1.91. The Morgan fingerprint density at radius 3 is 2.10 bits per heavy atom. The monoisotopic (exact) mass is 288 g/mol. The molecule has 0 atom stereocenters. The molecule has 1 amide bonds. The van der Waals surface area contributed by atoms with Crippen molar-refractivity contribution in [3.8, 4) is 0 Å². The normalized spacial score (nSPS) is 11.0. The first kappa shape index (κ1) is 19.4. The third-order valence-electron chi connectivity index (χ3n) is 2.97. The smallest absolute Gasteiger partial charge is 0.245 e. The standard InChI is InChI=1S/C15H32N2O3/c1-4-8-17(9-5-2)10-13-19-11-6-7-12-20-14-15(18)16-3/h4-14H2,1-3H3,(H,16,18). The molecular weight excluding hydrogens is 256 g/mol. The van der Waals surface area contributed by atoms with E-state index in [1.807, 2.05) is 0 Å². The number of nitrogens with zero attached hydrogens (tertiary/aromatic N) is 1. The van der Waals surface area contributed by atoms with Crippen LogP contribution in [0.4, 0.5) is 0 Å². The Bertz CT molecular complexity index is 219. The van der Waals surface area contributed by atoms with E-state index in [0.717, 1.165) is 45.7 Å². The summed E-state index contributed by atoms with van der Waals surface area (Å²) >= 11 is 0. The molecule has 0 aliphatic heterocycles. The first-order chi connectivity index (χ1) is 9.74. The number of ether oxygens (including phenoxy) is 2. The lowest BCUT2D eigenvalue weighted by Gasteiger charge is -2.20. The van der Waals surface area contributed by atoms with Gasteiger partial charge in [-0.05, 0) is 38.8 Å². The molecule has 0 aromatic rings. The summed E-state index contributed by atoms with van der Waals surface area (Å²) in [7, 11) is 1.61. The molecule has 0 bridgehead atoms. The largest absolute Gasteiger partial charge is 0.380 e. The summed E-state index contributed by atoms with van der Waals surface area (Å²) in [5, 5.41) is 2.52. The van der Waals surface area contributed by atoms with E-state index in [0.29, 0.717) is 6.61 Å². The minimum Gasteiger partial charge on any atom is -0.380 e. The molecule has 0 unspecified atom stereocenters. The van der Waals surface area contributed by atoms with Gasteiger partial charge in [-0.2, -0.15) is 0 Å². The average molecular weight is 288 g/mol. The van der Waals surface area contributed by atoms with Crippen LogP contribution in [0.1, 0.15) is 39.5 Å². The molecule has 20 heavy (non-hydrogen) atoms. The molecule has 0 spiro atoms.